The number of unbranched alkanes of at least 4 members (excludes halogenated alkanes) is 2. The van der Waals surface area contributed by atoms with Crippen LogP contribution < -0.4 is 26.0 Å². The summed E-state index contributed by atoms with van der Waals surface area (Å²) in [5, 5.41) is 9.80. The first-order valence-corrected chi connectivity index (χ1v) is 19.7. The van der Waals surface area contributed by atoms with Crippen LogP contribution in [0.3, 0.4) is 0 Å². The number of halogens is 1. The minimum Gasteiger partial charge on any atom is -0.495 e. The van der Waals surface area contributed by atoms with Crippen molar-refractivity contribution in [1.29, 1.82) is 0 Å². The Labute approximate surface area is 328 Å². The molecule has 0 aliphatic heterocycles. The van der Waals surface area contributed by atoms with Crippen LogP contribution in [0, 0.1) is 5.82 Å². The minimum atomic E-state index is -3.66. The second kappa shape index (κ2) is 19.0. The Hall–Kier alpha value is -6.40. The molecule has 16 nitrogen and oxygen atoms in total. The molecule has 0 bridgehead atoms. The SMILES string of the molecule is COc1cc(S(C)(=O)=O)ccc1N(C(=O)OC(C)OC(=O)CNC(=O)CCCCCN)c1nc2ccc(-c3ccc(NC(=O)Cc4ccc(F)cc4)cc3)cn2n1. The smallest absolute Gasteiger partial charge is 0.424 e. The average Bonchev–Trinajstić information content (AvgIpc) is 3.59. The monoisotopic (exact) mass is 803 g/mol. The number of nitrogens with zero attached hydrogens (tertiary/aromatic N) is 4. The summed E-state index contributed by atoms with van der Waals surface area (Å²) >= 11 is 0. The lowest BCUT2D eigenvalue weighted by Gasteiger charge is -2.23. The van der Waals surface area contributed by atoms with E-state index < -0.39 is 34.7 Å². The van der Waals surface area contributed by atoms with Gasteiger partial charge in [0.25, 0.3) is 5.95 Å². The number of carbonyl (C=O) groups excluding carboxylic acids is 4. The molecule has 0 radical (unpaired) electrons. The molecular weight excluding hydrogens is 762 g/mol. The first-order valence-electron chi connectivity index (χ1n) is 17.8. The van der Waals surface area contributed by atoms with E-state index in [0.717, 1.165) is 29.6 Å². The fraction of sp³-hybridized carbons (Fsp3) is 0.282. The van der Waals surface area contributed by atoms with Crippen LogP contribution in [0.2, 0.25) is 0 Å². The number of esters is 1. The van der Waals surface area contributed by atoms with Crippen LogP contribution in [0.1, 0.15) is 38.2 Å². The molecule has 2 aromatic heterocycles. The van der Waals surface area contributed by atoms with Gasteiger partial charge in [0, 0.05) is 43.1 Å². The molecule has 3 aromatic carbocycles. The summed E-state index contributed by atoms with van der Waals surface area (Å²) in [4.78, 5) is 56.3. The number of nitrogens with two attached hydrogens (primary N) is 1. The zero-order valence-corrected chi connectivity index (χ0v) is 32.3. The molecule has 0 aliphatic carbocycles. The van der Waals surface area contributed by atoms with Crippen molar-refractivity contribution >= 4 is 56.7 Å². The number of sulfone groups is 1. The zero-order valence-electron chi connectivity index (χ0n) is 31.4. The van der Waals surface area contributed by atoms with Gasteiger partial charge in [-0.1, -0.05) is 30.7 Å². The first-order chi connectivity index (χ1) is 27.2. The Morgan fingerprint density at radius 1 is 0.912 bits per heavy atom. The van der Waals surface area contributed by atoms with E-state index in [0.29, 0.717) is 35.4 Å². The summed E-state index contributed by atoms with van der Waals surface area (Å²) in [5.41, 5.74) is 8.50. The number of hydrogen-bond acceptors (Lipinski definition) is 12. The summed E-state index contributed by atoms with van der Waals surface area (Å²) in [6.45, 7) is 1.38. The molecule has 0 aliphatic rings. The van der Waals surface area contributed by atoms with Crippen molar-refractivity contribution in [3.05, 3.63) is 96.4 Å². The van der Waals surface area contributed by atoms with E-state index in [1.807, 2.05) is 0 Å². The van der Waals surface area contributed by atoms with E-state index in [4.69, 9.17) is 19.9 Å². The molecule has 1 atom stereocenters. The molecule has 18 heteroatoms. The van der Waals surface area contributed by atoms with Gasteiger partial charge in [0.15, 0.2) is 15.5 Å². The average molecular weight is 804 g/mol. The van der Waals surface area contributed by atoms with Gasteiger partial charge in [0.05, 0.1) is 24.1 Å². The summed E-state index contributed by atoms with van der Waals surface area (Å²) < 4.78 is 55.4. The normalized spacial score (nSPS) is 11.7. The number of amides is 3. The standard InChI is InChI=1S/C39H42FN7O9S/c1-25(55-37(50)23-42-35(48)7-5-4-6-20-41)56-39(51)47(32-18-17-31(57(3,52)53)22-33(32)54-2)38-44-34-19-12-28(24-46(34)45-38)27-10-15-30(16-11-27)43-36(49)21-26-8-13-29(40)14-9-26/h8-19,22,24-25H,4-7,20-21,23,41H2,1-3H3,(H,42,48)(H,43,49). The number of pyridine rings is 1. The minimum absolute atomic E-state index is 0.0171. The first kappa shape index (κ1) is 41.8. The lowest BCUT2D eigenvalue weighted by Crippen LogP contribution is -2.35. The summed E-state index contributed by atoms with van der Waals surface area (Å²) in [6.07, 6.45) is 2.63. The Morgan fingerprint density at radius 2 is 1.63 bits per heavy atom. The largest absolute Gasteiger partial charge is 0.495 e. The van der Waals surface area contributed by atoms with Gasteiger partial charge in [-0.25, -0.2) is 27.0 Å². The van der Waals surface area contributed by atoms with Gasteiger partial charge in [-0.3, -0.25) is 14.4 Å². The Morgan fingerprint density at radius 3 is 2.32 bits per heavy atom. The molecule has 2 heterocycles. The maximum absolute atomic E-state index is 13.8. The zero-order chi connectivity index (χ0) is 41.1. The highest BCUT2D eigenvalue weighted by Crippen LogP contribution is 2.36. The van der Waals surface area contributed by atoms with E-state index in [9.17, 15) is 32.0 Å². The fourth-order valence-electron chi connectivity index (χ4n) is 5.55. The predicted molar refractivity (Wildman–Crippen MR) is 208 cm³/mol. The highest BCUT2D eigenvalue weighted by molar-refractivity contribution is 7.90. The van der Waals surface area contributed by atoms with Crippen LogP contribution in [0.25, 0.3) is 16.8 Å². The molecule has 1 unspecified atom stereocenters. The van der Waals surface area contributed by atoms with E-state index in [1.54, 1.807) is 54.7 Å². The maximum atomic E-state index is 13.8. The number of methoxy groups -OCH3 is 1. The molecule has 5 rings (SSSR count). The van der Waals surface area contributed by atoms with Crippen molar-refractivity contribution in [3.63, 3.8) is 0 Å². The van der Waals surface area contributed by atoms with Crippen molar-refractivity contribution in [2.75, 3.05) is 36.7 Å². The Kier molecular flexibility index (Phi) is 13.9. The van der Waals surface area contributed by atoms with Gasteiger partial charge >= 0.3 is 12.1 Å². The summed E-state index contributed by atoms with van der Waals surface area (Å²) in [6, 6.07) is 20.0. The van der Waals surface area contributed by atoms with Crippen LogP contribution in [-0.4, -0.2) is 79.6 Å². The van der Waals surface area contributed by atoms with Crippen LogP contribution in [-0.2, 0) is 40.1 Å². The number of aromatic nitrogens is 3. The van der Waals surface area contributed by atoms with Crippen LogP contribution in [0.5, 0.6) is 5.75 Å². The van der Waals surface area contributed by atoms with Crippen LogP contribution >= 0.6 is 0 Å². The summed E-state index contributed by atoms with van der Waals surface area (Å²) in [5.74, 6) is -2.07. The van der Waals surface area contributed by atoms with E-state index >= 15 is 0 Å². The number of hydrogen-bond donors (Lipinski definition) is 3. The van der Waals surface area contributed by atoms with Crippen molar-refractivity contribution in [3.8, 4) is 16.9 Å². The fourth-order valence-corrected chi connectivity index (χ4v) is 6.18. The third-order valence-electron chi connectivity index (χ3n) is 8.40. The number of nitrogens with one attached hydrogen (secondary N) is 2. The second-order valence-electron chi connectivity index (χ2n) is 12.8. The van der Waals surface area contributed by atoms with Crippen molar-refractivity contribution in [1.82, 2.24) is 19.9 Å². The quantitative estimate of drug-likeness (QED) is 0.0649. The molecular formula is C39H42FN7O9S. The maximum Gasteiger partial charge on any atom is 0.424 e. The molecule has 300 valence electrons. The third kappa shape index (κ3) is 11.6. The number of rotatable bonds is 17. The Balaban J connectivity index is 1.34. The Bertz CT molecular complexity index is 2340. The van der Waals surface area contributed by atoms with E-state index in [1.165, 1.54) is 48.9 Å². The second-order valence-corrected chi connectivity index (χ2v) is 14.8. The third-order valence-corrected chi connectivity index (χ3v) is 9.51. The molecule has 4 N–H and O–H groups in total. The van der Waals surface area contributed by atoms with E-state index in [-0.39, 0.29) is 52.8 Å². The number of ether oxygens (including phenoxy) is 3. The number of fused-ring (bicyclic) bond motifs is 1. The molecule has 3 amide bonds. The topological polar surface area (TPSA) is 214 Å². The molecule has 0 fully saturated rings. The van der Waals surface area contributed by atoms with E-state index in [2.05, 4.69) is 20.7 Å². The van der Waals surface area contributed by atoms with Gasteiger partial charge < -0.3 is 30.6 Å². The summed E-state index contributed by atoms with van der Waals surface area (Å²) in [7, 11) is -2.38. The number of anilines is 3. The lowest BCUT2D eigenvalue weighted by atomic mass is 10.1. The molecule has 57 heavy (non-hydrogen) atoms. The molecule has 0 spiro atoms. The molecule has 5 aromatic rings. The van der Waals surface area contributed by atoms with Gasteiger partial charge in [0.2, 0.25) is 18.1 Å². The molecule has 0 saturated carbocycles. The van der Waals surface area contributed by atoms with Crippen molar-refractivity contribution in [2.24, 2.45) is 5.73 Å². The number of carbonyl (C=O) groups is 4. The highest BCUT2D eigenvalue weighted by Gasteiger charge is 2.30. The van der Waals surface area contributed by atoms with Crippen molar-refractivity contribution in [2.45, 2.75) is 50.2 Å². The lowest BCUT2D eigenvalue weighted by molar-refractivity contribution is -0.164. The van der Waals surface area contributed by atoms with Gasteiger partial charge in [-0.15, -0.1) is 5.10 Å². The van der Waals surface area contributed by atoms with Gasteiger partial charge in [-0.2, -0.15) is 4.98 Å². The van der Waals surface area contributed by atoms with Crippen LogP contribution in [0.4, 0.5) is 26.5 Å². The van der Waals surface area contributed by atoms with Gasteiger partial charge in [-0.05, 0) is 79.0 Å². The van der Waals surface area contributed by atoms with Gasteiger partial charge in [0.1, 0.15) is 18.1 Å². The highest BCUT2D eigenvalue weighted by atomic mass is 32.2. The predicted octanol–water partition coefficient (Wildman–Crippen LogP) is 4.93. The molecule has 0 saturated heterocycles. The number of benzene rings is 3. The van der Waals surface area contributed by atoms with Crippen molar-refractivity contribution < 1.29 is 46.2 Å². The van der Waals surface area contributed by atoms with Crippen LogP contribution in [0.15, 0.2) is 90.0 Å².